The van der Waals surface area contributed by atoms with Gasteiger partial charge in [0.05, 0.1) is 12.5 Å². The highest BCUT2D eigenvalue weighted by atomic mass is 16.5. The van der Waals surface area contributed by atoms with Crippen LogP contribution in [0.25, 0.3) is 0 Å². The van der Waals surface area contributed by atoms with Gasteiger partial charge in [0.25, 0.3) is 0 Å². The fourth-order valence-corrected chi connectivity index (χ4v) is 3.96. The first kappa shape index (κ1) is 27.9. The molecule has 0 saturated carbocycles. The van der Waals surface area contributed by atoms with E-state index in [1.165, 1.54) is 32.6 Å². The number of carbonyl (C=O) groups is 4. The van der Waals surface area contributed by atoms with Gasteiger partial charge < -0.3 is 16.0 Å². The van der Waals surface area contributed by atoms with Gasteiger partial charge in [-0.1, -0.05) is 51.4 Å². The first-order valence-corrected chi connectivity index (χ1v) is 12.2. The van der Waals surface area contributed by atoms with Crippen molar-refractivity contribution in [1.82, 2.24) is 21.0 Å². The number of hydrogen-bond donors (Lipinski definition) is 4. The highest BCUT2D eigenvalue weighted by Crippen LogP contribution is 2.16. The predicted molar refractivity (Wildman–Crippen MR) is 122 cm³/mol. The van der Waals surface area contributed by atoms with Crippen molar-refractivity contribution in [1.29, 1.82) is 0 Å². The molecule has 0 radical (unpaired) electrons. The van der Waals surface area contributed by atoms with E-state index in [0.29, 0.717) is 50.2 Å². The minimum atomic E-state index is -0.679. The normalized spacial score (nSPS) is 22.2. The lowest BCUT2D eigenvalue weighted by molar-refractivity contribution is -0.155. The van der Waals surface area contributed by atoms with Crippen molar-refractivity contribution in [2.75, 3.05) is 19.6 Å². The number of rotatable bonds is 8. The maximum atomic E-state index is 12.9. The van der Waals surface area contributed by atoms with E-state index in [1.54, 1.807) is 0 Å². The molecule has 0 aliphatic carbocycles. The van der Waals surface area contributed by atoms with Crippen LogP contribution in [-0.2, 0) is 19.2 Å². The molecule has 1 rings (SSSR count). The zero-order chi connectivity index (χ0) is 23.6. The summed E-state index contributed by atoms with van der Waals surface area (Å²) in [5.41, 5.74) is 0. The van der Waals surface area contributed by atoms with Crippen LogP contribution in [0.5, 0.6) is 0 Å². The molecule has 0 bridgehead atoms. The molecule has 0 aromatic heterocycles. The Balaban J connectivity index is 2.77. The number of nitrogens with one attached hydrogen (secondary N) is 3. The molecule has 4 amide bonds. The van der Waals surface area contributed by atoms with Gasteiger partial charge in [-0.05, 0) is 32.1 Å². The highest BCUT2D eigenvalue weighted by Gasteiger charge is 2.26. The van der Waals surface area contributed by atoms with Crippen molar-refractivity contribution in [2.24, 2.45) is 5.92 Å². The van der Waals surface area contributed by atoms with E-state index in [0.717, 1.165) is 32.1 Å². The number of unbranched alkanes of at least 4 members (excludes halogenated alkanes) is 1. The molecule has 32 heavy (non-hydrogen) atoms. The average Bonchev–Trinajstić information content (AvgIpc) is 2.76. The Labute approximate surface area is 192 Å². The molecule has 2 atom stereocenters. The second kappa shape index (κ2) is 17.4. The summed E-state index contributed by atoms with van der Waals surface area (Å²) in [5.74, 6) is -1.20. The molecule has 1 aliphatic heterocycles. The zero-order valence-corrected chi connectivity index (χ0v) is 19.6. The molecule has 0 spiro atoms. The molecule has 4 N–H and O–H groups in total. The van der Waals surface area contributed by atoms with E-state index >= 15 is 0 Å². The van der Waals surface area contributed by atoms with Crippen molar-refractivity contribution in [3.05, 3.63) is 0 Å². The molecule has 1 saturated heterocycles. The third-order valence-electron chi connectivity index (χ3n) is 5.86. The van der Waals surface area contributed by atoms with Crippen LogP contribution >= 0.6 is 0 Å². The van der Waals surface area contributed by atoms with E-state index in [-0.39, 0.29) is 24.3 Å². The van der Waals surface area contributed by atoms with Gasteiger partial charge in [-0.15, -0.1) is 0 Å². The molecule has 1 aliphatic rings. The number of hydroxylamine groups is 2. The zero-order valence-electron chi connectivity index (χ0n) is 19.6. The lowest BCUT2D eigenvalue weighted by Crippen LogP contribution is -2.50. The van der Waals surface area contributed by atoms with Gasteiger partial charge in [0, 0.05) is 20.0 Å². The van der Waals surface area contributed by atoms with Crippen molar-refractivity contribution < 1.29 is 24.4 Å². The third kappa shape index (κ3) is 13.3. The summed E-state index contributed by atoms with van der Waals surface area (Å²) < 4.78 is 0. The third-order valence-corrected chi connectivity index (χ3v) is 5.86. The monoisotopic (exact) mass is 454 g/mol. The molecule has 0 aromatic rings. The summed E-state index contributed by atoms with van der Waals surface area (Å²) in [4.78, 5) is 47.6. The smallest absolute Gasteiger partial charge is 0.242 e. The molecule has 9 nitrogen and oxygen atoms in total. The van der Waals surface area contributed by atoms with E-state index in [2.05, 4.69) is 16.0 Å². The first-order valence-electron chi connectivity index (χ1n) is 12.2. The maximum absolute atomic E-state index is 12.9. The van der Waals surface area contributed by atoms with Crippen LogP contribution < -0.4 is 16.0 Å². The number of nitrogens with zero attached hydrogens (tertiary/aromatic N) is 1. The summed E-state index contributed by atoms with van der Waals surface area (Å²) in [6, 6.07) is -0.679. The Morgan fingerprint density at radius 3 is 2.28 bits per heavy atom. The van der Waals surface area contributed by atoms with Crippen LogP contribution in [0, 0.1) is 5.92 Å². The van der Waals surface area contributed by atoms with Crippen molar-refractivity contribution >= 4 is 24.1 Å². The van der Waals surface area contributed by atoms with Gasteiger partial charge in [0.2, 0.25) is 24.1 Å². The molecule has 1 fully saturated rings. The number of amides is 4. The Morgan fingerprint density at radius 1 is 1.03 bits per heavy atom. The molecule has 0 aromatic carbocycles. The maximum Gasteiger partial charge on any atom is 0.242 e. The summed E-state index contributed by atoms with van der Waals surface area (Å²) >= 11 is 0. The minimum Gasteiger partial charge on any atom is -0.356 e. The van der Waals surface area contributed by atoms with Crippen LogP contribution in [0.4, 0.5) is 0 Å². The van der Waals surface area contributed by atoms with E-state index < -0.39 is 12.0 Å². The number of carbonyl (C=O) groups excluding carboxylic acids is 4. The van der Waals surface area contributed by atoms with E-state index in [1.807, 2.05) is 0 Å². The van der Waals surface area contributed by atoms with Crippen LogP contribution in [0.1, 0.15) is 90.4 Å². The second-order valence-corrected chi connectivity index (χ2v) is 8.73. The molecular weight excluding hydrogens is 412 g/mol. The molecule has 1 heterocycles. The number of hydrogen-bond acceptors (Lipinski definition) is 5. The summed E-state index contributed by atoms with van der Waals surface area (Å²) in [5, 5.41) is 18.6. The fraction of sp³-hybridized carbons (Fsp3) is 0.826. The van der Waals surface area contributed by atoms with Crippen LogP contribution in [0.3, 0.4) is 0 Å². The van der Waals surface area contributed by atoms with Crippen molar-refractivity contribution in [2.45, 2.75) is 96.4 Å². The Morgan fingerprint density at radius 2 is 1.66 bits per heavy atom. The largest absolute Gasteiger partial charge is 0.356 e. The fourth-order valence-electron chi connectivity index (χ4n) is 3.96. The van der Waals surface area contributed by atoms with E-state index in [4.69, 9.17) is 0 Å². The van der Waals surface area contributed by atoms with Gasteiger partial charge >= 0.3 is 0 Å². The predicted octanol–water partition coefficient (Wildman–Crippen LogP) is 2.27. The van der Waals surface area contributed by atoms with Gasteiger partial charge in [-0.25, -0.2) is 5.06 Å². The summed E-state index contributed by atoms with van der Waals surface area (Å²) in [6.45, 7) is 2.47. The average molecular weight is 455 g/mol. The second-order valence-electron chi connectivity index (χ2n) is 8.73. The summed E-state index contributed by atoms with van der Waals surface area (Å²) in [7, 11) is 0. The quantitative estimate of drug-likeness (QED) is 0.194. The Kier molecular flexibility index (Phi) is 15.2. The highest BCUT2D eigenvalue weighted by molar-refractivity contribution is 5.88. The molecular formula is C23H42N4O5. The Hall–Kier alpha value is -2.16. The van der Waals surface area contributed by atoms with Gasteiger partial charge in [0.15, 0.2) is 0 Å². The SMILES string of the molecule is CC(=O)NCCCC[C@@H]1NC(=O)[C@@H](CN(O)C=O)CCCCCCCCCCCNC1=O. The molecule has 184 valence electrons. The van der Waals surface area contributed by atoms with Crippen molar-refractivity contribution in [3.8, 4) is 0 Å². The van der Waals surface area contributed by atoms with E-state index in [9.17, 15) is 24.4 Å². The summed E-state index contributed by atoms with van der Waals surface area (Å²) in [6.07, 6.45) is 12.4. The molecule has 0 unspecified atom stereocenters. The van der Waals surface area contributed by atoms with Crippen LogP contribution in [0.2, 0.25) is 0 Å². The lowest BCUT2D eigenvalue weighted by atomic mass is 9.98. The van der Waals surface area contributed by atoms with Crippen molar-refractivity contribution in [3.63, 3.8) is 0 Å². The van der Waals surface area contributed by atoms with Crippen LogP contribution in [0.15, 0.2) is 0 Å². The minimum absolute atomic E-state index is 0.0911. The topological polar surface area (TPSA) is 128 Å². The standard InChI is InChI=1S/C23H42N4O5/c1-19(29)24-15-12-10-14-21-23(31)25-16-11-8-6-4-2-3-5-7-9-13-20(22(30)26-21)17-27(32)18-28/h18,20-21,32H,2-17H2,1H3,(H,24,29)(H,25,31)(H,26,30)/t20-,21+/m1/s1. The Bertz CT molecular complexity index is 573. The van der Waals surface area contributed by atoms with Crippen LogP contribution in [-0.4, -0.2) is 60.1 Å². The van der Waals surface area contributed by atoms with Gasteiger partial charge in [0.1, 0.15) is 6.04 Å². The first-order chi connectivity index (χ1) is 15.4. The molecule has 9 heteroatoms. The van der Waals surface area contributed by atoms with Gasteiger partial charge in [-0.3, -0.25) is 24.4 Å². The lowest BCUT2D eigenvalue weighted by Gasteiger charge is -2.24. The van der Waals surface area contributed by atoms with Gasteiger partial charge in [-0.2, -0.15) is 0 Å².